The Bertz CT molecular complexity index is 820. The highest BCUT2D eigenvalue weighted by Crippen LogP contribution is 2.19. The summed E-state index contributed by atoms with van der Waals surface area (Å²) in [5, 5.41) is 2.71. The Balaban J connectivity index is 1.58. The van der Waals surface area contributed by atoms with Crippen molar-refractivity contribution >= 4 is 17.7 Å². The predicted molar refractivity (Wildman–Crippen MR) is 96.1 cm³/mol. The van der Waals surface area contributed by atoms with Crippen LogP contribution in [0.2, 0.25) is 0 Å². The second-order valence-corrected chi connectivity index (χ2v) is 6.08. The first kappa shape index (κ1) is 17.7. The van der Waals surface area contributed by atoms with Crippen molar-refractivity contribution < 1.29 is 19.1 Å². The number of Topliss-reactive ketones (excluding diaryl/α,β-unsaturated/α-hetero) is 1. The Morgan fingerprint density at radius 2 is 1.77 bits per heavy atom. The van der Waals surface area contributed by atoms with Gasteiger partial charge in [0.2, 0.25) is 0 Å². The van der Waals surface area contributed by atoms with Gasteiger partial charge in [0.15, 0.2) is 5.78 Å². The molecule has 2 aromatic rings. The standard InChI is InChI=1S/C20H20N2O4/c1-14(23)16-9-5-6-10-18(16)26-12-11-22-19(24)17(21-20(22)25)13-15-7-3-2-4-8-15/h2-10,17H,11-13H2,1H3,(H,21,25)/t17-/m1/s1. The fourth-order valence-corrected chi connectivity index (χ4v) is 2.91. The highest BCUT2D eigenvalue weighted by Gasteiger charge is 2.37. The van der Waals surface area contributed by atoms with Crippen LogP contribution >= 0.6 is 0 Å². The monoisotopic (exact) mass is 352 g/mol. The molecule has 2 aromatic carbocycles. The van der Waals surface area contributed by atoms with Gasteiger partial charge in [-0.3, -0.25) is 14.5 Å². The van der Waals surface area contributed by atoms with E-state index in [1.807, 2.05) is 30.3 Å². The van der Waals surface area contributed by atoms with E-state index in [1.165, 1.54) is 6.92 Å². The minimum atomic E-state index is -0.561. The van der Waals surface area contributed by atoms with Gasteiger partial charge in [-0.25, -0.2) is 4.79 Å². The molecule has 1 fully saturated rings. The zero-order chi connectivity index (χ0) is 18.5. The molecule has 6 heteroatoms. The number of benzene rings is 2. The van der Waals surface area contributed by atoms with Crippen LogP contribution in [-0.2, 0) is 11.2 Å². The van der Waals surface area contributed by atoms with Crippen molar-refractivity contribution in [1.29, 1.82) is 0 Å². The third-order valence-electron chi connectivity index (χ3n) is 4.23. The quantitative estimate of drug-likeness (QED) is 0.613. The molecular weight excluding hydrogens is 332 g/mol. The van der Waals surface area contributed by atoms with E-state index in [1.54, 1.807) is 24.3 Å². The number of ketones is 1. The Labute approximate surface area is 151 Å². The van der Waals surface area contributed by atoms with Gasteiger partial charge in [0, 0.05) is 6.42 Å². The Morgan fingerprint density at radius 3 is 2.50 bits per heavy atom. The highest BCUT2D eigenvalue weighted by molar-refractivity contribution is 6.04. The zero-order valence-electron chi connectivity index (χ0n) is 14.5. The molecule has 0 unspecified atom stereocenters. The number of nitrogens with zero attached hydrogens (tertiary/aromatic N) is 1. The van der Waals surface area contributed by atoms with E-state index < -0.39 is 12.1 Å². The maximum atomic E-state index is 12.5. The average molecular weight is 352 g/mol. The molecule has 0 radical (unpaired) electrons. The van der Waals surface area contributed by atoms with Gasteiger partial charge in [0.25, 0.3) is 5.91 Å². The Morgan fingerprint density at radius 1 is 1.08 bits per heavy atom. The third kappa shape index (κ3) is 3.91. The maximum absolute atomic E-state index is 12.5. The molecule has 1 aliphatic heterocycles. The summed E-state index contributed by atoms with van der Waals surface area (Å²) >= 11 is 0. The molecule has 134 valence electrons. The van der Waals surface area contributed by atoms with Crippen molar-refractivity contribution in [2.24, 2.45) is 0 Å². The van der Waals surface area contributed by atoms with Crippen molar-refractivity contribution in [2.75, 3.05) is 13.2 Å². The summed E-state index contributed by atoms with van der Waals surface area (Å²) in [6, 6.07) is 15.5. The number of rotatable bonds is 7. The number of amides is 3. The molecule has 3 amide bonds. The normalized spacial score (nSPS) is 16.5. The minimum Gasteiger partial charge on any atom is -0.491 e. The topological polar surface area (TPSA) is 75.7 Å². The molecule has 3 rings (SSSR count). The van der Waals surface area contributed by atoms with E-state index >= 15 is 0 Å². The third-order valence-corrected chi connectivity index (χ3v) is 4.23. The number of nitrogens with one attached hydrogen (secondary N) is 1. The van der Waals surface area contributed by atoms with E-state index in [0.717, 1.165) is 10.5 Å². The number of ether oxygens (including phenoxy) is 1. The fraction of sp³-hybridized carbons (Fsp3) is 0.250. The number of imide groups is 1. The van der Waals surface area contributed by atoms with E-state index in [4.69, 9.17) is 4.74 Å². The Kier molecular flexibility index (Phi) is 5.31. The van der Waals surface area contributed by atoms with Gasteiger partial charge >= 0.3 is 6.03 Å². The van der Waals surface area contributed by atoms with Gasteiger partial charge in [0.05, 0.1) is 12.1 Å². The molecular formula is C20H20N2O4. The van der Waals surface area contributed by atoms with Gasteiger partial charge in [-0.1, -0.05) is 42.5 Å². The zero-order valence-corrected chi connectivity index (χ0v) is 14.5. The van der Waals surface area contributed by atoms with E-state index in [-0.39, 0.29) is 24.8 Å². The van der Waals surface area contributed by atoms with Crippen LogP contribution in [0.3, 0.4) is 0 Å². The smallest absolute Gasteiger partial charge is 0.324 e. The number of carbonyl (C=O) groups excluding carboxylic acids is 3. The molecule has 0 saturated carbocycles. The van der Waals surface area contributed by atoms with Crippen LogP contribution in [0.15, 0.2) is 54.6 Å². The van der Waals surface area contributed by atoms with Gasteiger partial charge < -0.3 is 10.1 Å². The molecule has 0 aliphatic carbocycles. The molecule has 0 spiro atoms. The molecule has 26 heavy (non-hydrogen) atoms. The molecule has 1 atom stereocenters. The van der Waals surface area contributed by atoms with Crippen LogP contribution in [0, 0.1) is 0 Å². The number of urea groups is 1. The summed E-state index contributed by atoms with van der Waals surface area (Å²) in [5.41, 5.74) is 1.46. The lowest BCUT2D eigenvalue weighted by Crippen LogP contribution is -2.35. The lowest BCUT2D eigenvalue weighted by Gasteiger charge is -2.15. The van der Waals surface area contributed by atoms with Crippen molar-refractivity contribution in [3.63, 3.8) is 0 Å². The summed E-state index contributed by atoms with van der Waals surface area (Å²) in [4.78, 5) is 37.3. The molecule has 0 bridgehead atoms. The first-order valence-corrected chi connectivity index (χ1v) is 8.45. The molecule has 1 heterocycles. The number of hydrogen-bond acceptors (Lipinski definition) is 4. The summed E-state index contributed by atoms with van der Waals surface area (Å²) in [6.45, 7) is 1.72. The summed E-state index contributed by atoms with van der Waals surface area (Å²) in [5.74, 6) is 0.0914. The van der Waals surface area contributed by atoms with Gasteiger partial charge in [-0.15, -0.1) is 0 Å². The van der Waals surface area contributed by atoms with Gasteiger partial charge in [-0.05, 0) is 24.6 Å². The van der Waals surface area contributed by atoms with Gasteiger partial charge in [0.1, 0.15) is 18.4 Å². The summed E-state index contributed by atoms with van der Waals surface area (Å²) < 4.78 is 5.62. The number of para-hydroxylation sites is 1. The fourth-order valence-electron chi connectivity index (χ4n) is 2.91. The van der Waals surface area contributed by atoms with Gasteiger partial charge in [-0.2, -0.15) is 0 Å². The lowest BCUT2D eigenvalue weighted by atomic mass is 10.1. The number of carbonyl (C=O) groups is 3. The predicted octanol–water partition coefficient (Wildman–Crippen LogP) is 2.43. The Hall–Kier alpha value is -3.15. The first-order chi connectivity index (χ1) is 12.6. The van der Waals surface area contributed by atoms with Crippen molar-refractivity contribution in [3.8, 4) is 5.75 Å². The van der Waals surface area contributed by atoms with E-state index in [2.05, 4.69) is 5.32 Å². The van der Waals surface area contributed by atoms with Crippen LogP contribution < -0.4 is 10.1 Å². The van der Waals surface area contributed by atoms with Crippen molar-refractivity contribution in [1.82, 2.24) is 10.2 Å². The number of hydrogen-bond donors (Lipinski definition) is 1. The van der Waals surface area contributed by atoms with E-state index in [0.29, 0.717) is 17.7 Å². The second kappa shape index (κ2) is 7.82. The van der Waals surface area contributed by atoms with Crippen LogP contribution in [0.4, 0.5) is 4.79 Å². The minimum absolute atomic E-state index is 0.0986. The lowest BCUT2D eigenvalue weighted by molar-refractivity contribution is -0.127. The largest absolute Gasteiger partial charge is 0.491 e. The summed E-state index contributed by atoms with van der Waals surface area (Å²) in [6.07, 6.45) is 0.454. The van der Waals surface area contributed by atoms with Crippen molar-refractivity contribution in [3.05, 3.63) is 65.7 Å². The van der Waals surface area contributed by atoms with Crippen LogP contribution in [0.25, 0.3) is 0 Å². The maximum Gasteiger partial charge on any atom is 0.324 e. The summed E-state index contributed by atoms with van der Waals surface area (Å²) in [7, 11) is 0. The van der Waals surface area contributed by atoms with Crippen molar-refractivity contribution in [2.45, 2.75) is 19.4 Å². The van der Waals surface area contributed by atoms with Crippen LogP contribution in [0.1, 0.15) is 22.8 Å². The highest BCUT2D eigenvalue weighted by atomic mass is 16.5. The molecule has 0 aromatic heterocycles. The SMILES string of the molecule is CC(=O)c1ccccc1OCCN1C(=O)N[C@H](Cc2ccccc2)C1=O. The second-order valence-electron chi connectivity index (χ2n) is 6.08. The van der Waals surface area contributed by atoms with Crippen LogP contribution in [0.5, 0.6) is 5.75 Å². The van der Waals surface area contributed by atoms with E-state index in [9.17, 15) is 14.4 Å². The average Bonchev–Trinajstić information content (AvgIpc) is 2.90. The first-order valence-electron chi connectivity index (χ1n) is 8.45. The molecule has 1 N–H and O–H groups in total. The molecule has 1 saturated heterocycles. The molecule has 6 nitrogen and oxygen atoms in total. The molecule has 1 aliphatic rings. The van der Waals surface area contributed by atoms with Crippen LogP contribution in [-0.4, -0.2) is 41.8 Å².